The van der Waals surface area contributed by atoms with Crippen molar-refractivity contribution in [1.82, 2.24) is 30.2 Å². The van der Waals surface area contributed by atoms with Crippen molar-refractivity contribution in [3.8, 4) is 5.75 Å². The summed E-state index contributed by atoms with van der Waals surface area (Å²) >= 11 is 6.47. The van der Waals surface area contributed by atoms with Crippen LogP contribution in [0.5, 0.6) is 5.75 Å². The Labute approximate surface area is 238 Å². The number of carbonyl (C=O) groups excluding carboxylic acids is 2. The summed E-state index contributed by atoms with van der Waals surface area (Å²) in [6.45, 7) is 11.6. The number of rotatable bonds is 11. The highest BCUT2D eigenvalue weighted by atomic mass is 35.5. The number of hydrogen-bond donors (Lipinski definition) is 3. The number of ether oxygens (including phenoxy) is 1. The van der Waals surface area contributed by atoms with E-state index in [9.17, 15) is 9.59 Å². The normalized spacial score (nSPS) is 13.8. The Morgan fingerprint density at radius 3 is 2.73 bits per heavy atom. The third-order valence-electron chi connectivity index (χ3n) is 7.02. The van der Waals surface area contributed by atoms with Gasteiger partial charge in [0, 0.05) is 35.8 Å². The van der Waals surface area contributed by atoms with E-state index in [0.29, 0.717) is 40.6 Å². The van der Waals surface area contributed by atoms with E-state index in [4.69, 9.17) is 22.1 Å². The van der Waals surface area contributed by atoms with Crippen molar-refractivity contribution in [3.63, 3.8) is 0 Å². The number of aryl methyl sites for hydroxylation is 1. The number of H-pyrrole nitrogens is 1. The Bertz CT molecular complexity index is 1450. The molecular formula is C28H35ClN8O3. The van der Waals surface area contributed by atoms with Crippen molar-refractivity contribution in [2.75, 3.05) is 43.9 Å². The number of amides is 2. The maximum absolute atomic E-state index is 13.7. The molecule has 0 spiro atoms. The topological polar surface area (TPSA) is 142 Å². The highest BCUT2D eigenvalue weighted by Gasteiger charge is 2.37. The minimum Gasteiger partial charge on any atom is -0.496 e. The molecule has 4 N–H and O–H groups in total. The number of nitrogens with zero attached hydrogens (tertiary/aromatic N) is 5. The van der Waals surface area contributed by atoms with E-state index in [1.54, 1.807) is 31.6 Å². The second-order valence-electron chi connectivity index (χ2n) is 9.55. The number of aromatic amines is 1. The predicted octanol–water partition coefficient (Wildman–Crippen LogP) is 3.61. The van der Waals surface area contributed by atoms with Crippen LogP contribution < -0.4 is 20.7 Å². The second-order valence-corrected chi connectivity index (χ2v) is 9.90. The van der Waals surface area contributed by atoms with Crippen LogP contribution in [0.15, 0.2) is 18.5 Å². The molecule has 40 heavy (non-hydrogen) atoms. The summed E-state index contributed by atoms with van der Waals surface area (Å²) in [7, 11) is 1.60. The lowest BCUT2D eigenvalue weighted by molar-refractivity contribution is -0.113. The summed E-state index contributed by atoms with van der Waals surface area (Å²) in [6.07, 6.45) is 5.81. The molecule has 11 nitrogen and oxygen atoms in total. The van der Waals surface area contributed by atoms with Crippen LogP contribution in [0, 0.1) is 13.8 Å². The van der Waals surface area contributed by atoms with Gasteiger partial charge < -0.3 is 25.7 Å². The van der Waals surface area contributed by atoms with Gasteiger partial charge in [-0.3, -0.25) is 19.5 Å². The lowest BCUT2D eigenvalue weighted by Crippen LogP contribution is -2.29. The fraction of sp³-hybridized carbons (Fsp3) is 0.393. The van der Waals surface area contributed by atoms with Crippen molar-refractivity contribution >= 4 is 46.8 Å². The lowest BCUT2D eigenvalue weighted by atomic mass is 10.1. The molecule has 0 saturated carbocycles. The zero-order valence-electron chi connectivity index (χ0n) is 23.5. The van der Waals surface area contributed by atoms with Gasteiger partial charge in [0.2, 0.25) is 5.95 Å². The van der Waals surface area contributed by atoms with Gasteiger partial charge in [-0.1, -0.05) is 25.4 Å². The molecular weight excluding hydrogens is 532 g/mol. The Morgan fingerprint density at radius 1 is 1.27 bits per heavy atom. The summed E-state index contributed by atoms with van der Waals surface area (Å²) in [6, 6.07) is 1.69. The van der Waals surface area contributed by atoms with Crippen molar-refractivity contribution < 1.29 is 14.3 Å². The molecule has 3 aromatic rings. The highest BCUT2D eigenvalue weighted by molar-refractivity contribution is 6.41. The van der Waals surface area contributed by atoms with Crippen molar-refractivity contribution in [2.24, 2.45) is 0 Å². The van der Waals surface area contributed by atoms with Crippen molar-refractivity contribution in [2.45, 2.75) is 40.7 Å². The van der Waals surface area contributed by atoms with Crippen LogP contribution in [-0.2, 0) is 11.3 Å². The van der Waals surface area contributed by atoms with E-state index >= 15 is 0 Å². The number of fused-ring (bicyclic) bond motifs is 1. The predicted molar refractivity (Wildman–Crippen MR) is 156 cm³/mol. The van der Waals surface area contributed by atoms with Gasteiger partial charge in [0.15, 0.2) is 5.82 Å². The van der Waals surface area contributed by atoms with E-state index in [1.165, 1.54) is 4.90 Å². The van der Waals surface area contributed by atoms with Gasteiger partial charge >= 0.3 is 0 Å². The quantitative estimate of drug-likeness (QED) is 0.181. The minimum absolute atomic E-state index is 0.0474. The van der Waals surface area contributed by atoms with Gasteiger partial charge in [0.05, 0.1) is 36.0 Å². The summed E-state index contributed by atoms with van der Waals surface area (Å²) in [5, 5.41) is 3.01. The molecule has 0 aromatic carbocycles. The monoisotopic (exact) mass is 566 g/mol. The first-order chi connectivity index (χ1) is 19.2. The number of carbonyl (C=O) groups is 2. The van der Waals surface area contributed by atoms with Crippen molar-refractivity contribution in [1.29, 1.82) is 0 Å². The molecule has 0 atom stereocenters. The number of nitrogens with two attached hydrogens (primary N) is 1. The molecule has 0 aliphatic carbocycles. The smallest absolute Gasteiger partial charge is 0.260 e. The molecule has 0 unspecified atom stereocenters. The van der Waals surface area contributed by atoms with Crippen LogP contribution in [0.25, 0.3) is 11.6 Å². The average molecular weight is 567 g/mol. The zero-order chi connectivity index (χ0) is 29.0. The molecule has 0 radical (unpaired) electrons. The number of halogens is 1. The number of methoxy groups -OCH3 is 1. The van der Waals surface area contributed by atoms with E-state index in [-0.39, 0.29) is 35.0 Å². The molecule has 212 valence electrons. The maximum Gasteiger partial charge on any atom is 0.260 e. The van der Waals surface area contributed by atoms with Crippen LogP contribution >= 0.6 is 11.6 Å². The zero-order valence-corrected chi connectivity index (χ0v) is 24.2. The molecule has 2 amide bonds. The van der Waals surface area contributed by atoms with Crippen LogP contribution in [0.1, 0.15) is 58.7 Å². The molecule has 4 rings (SSSR count). The number of aromatic nitrogens is 4. The van der Waals surface area contributed by atoms with E-state index in [1.807, 2.05) is 13.8 Å². The SMILES string of the molecule is CCN(CC)CCCNC(=O)c1c[nH]c(C=C2C(=O)N(Cc3ncc(C)c(OC)c3C)c3nc(N)nc(Cl)c32)c1. The fourth-order valence-electron chi connectivity index (χ4n) is 4.80. The number of nitrogens with one attached hydrogen (secondary N) is 2. The molecule has 0 fully saturated rings. The second kappa shape index (κ2) is 12.5. The maximum atomic E-state index is 13.7. The summed E-state index contributed by atoms with van der Waals surface area (Å²) < 4.78 is 5.53. The standard InChI is InChI=1S/C28H35ClN8O3/c1-6-36(7-2)10-8-9-31-26(38)18-11-19(32-14-18)12-20-22-24(29)34-28(30)35-25(22)37(27(20)39)15-21-17(4)23(40-5)16(3)13-33-21/h11-14,32H,6-10,15H2,1-5H3,(H,31,38)(H2,30,34,35). The Hall–Kier alpha value is -3.96. The Morgan fingerprint density at radius 2 is 2.02 bits per heavy atom. The van der Waals surface area contributed by atoms with Gasteiger partial charge in [-0.05, 0) is 52.0 Å². The van der Waals surface area contributed by atoms with Crippen LogP contribution in [0.4, 0.5) is 11.8 Å². The van der Waals surface area contributed by atoms with E-state index in [2.05, 4.69) is 44.0 Å². The Balaban J connectivity index is 1.58. The molecule has 0 bridgehead atoms. The van der Waals surface area contributed by atoms with Crippen LogP contribution in [0.2, 0.25) is 5.15 Å². The van der Waals surface area contributed by atoms with E-state index < -0.39 is 0 Å². The van der Waals surface area contributed by atoms with Gasteiger partial charge in [-0.2, -0.15) is 4.98 Å². The minimum atomic E-state index is -0.338. The molecule has 3 aromatic heterocycles. The first-order valence-corrected chi connectivity index (χ1v) is 13.6. The van der Waals surface area contributed by atoms with Crippen LogP contribution in [0.3, 0.4) is 0 Å². The lowest BCUT2D eigenvalue weighted by Gasteiger charge is -2.19. The third kappa shape index (κ3) is 5.95. The molecule has 1 aliphatic rings. The molecule has 1 aliphatic heterocycles. The average Bonchev–Trinajstić information content (AvgIpc) is 3.49. The van der Waals surface area contributed by atoms with Gasteiger partial charge in [-0.25, -0.2) is 4.98 Å². The Kier molecular flexibility index (Phi) is 9.06. The van der Waals surface area contributed by atoms with E-state index in [0.717, 1.165) is 37.2 Å². The number of pyridine rings is 1. The number of hydrogen-bond acceptors (Lipinski definition) is 8. The van der Waals surface area contributed by atoms with Gasteiger partial charge in [0.25, 0.3) is 11.8 Å². The van der Waals surface area contributed by atoms with Gasteiger partial charge in [0.1, 0.15) is 10.9 Å². The highest BCUT2D eigenvalue weighted by Crippen LogP contribution is 2.41. The first kappa shape index (κ1) is 29.0. The summed E-state index contributed by atoms with van der Waals surface area (Å²) in [5.74, 6) is 0.429. The van der Waals surface area contributed by atoms with Crippen LogP contribution in [-0.4, -0.2) is 69.9 Å². The molecule has 4 heterocycles. The summed E-state index contributed by atoms with van der Waals surface area (Å²) in [4.78, 5) is 46.2. The number of nitrogen functional groups attached to an aromatic ring is 1. The first-order valence-electron chi connectivity index (χ1n) is 13.2. The largest absolute Gasteiger partial charge is 0.496 e. The van der Waals surface area contributed by atoms with Crippen molar-refractivity contribution in [3.05, 3.63) is 57.3 Å². The number of anilines is 2. The molecule has 12 heteroatoms. The molecule has 0 saturated heterocycles. The van der Waals surface area contributed by atoms with Gasteiger partial charge in [-0.15, -0.1) is 0 Å². The third-order valence-corrected chi connectivity index (χ3v) is 7.29. The summed E-state index contributed by atoms with van der Waals surface area (Å²) in [5.41, 5.74) is 9.92. The fourth-order valence-corrected chi connectivity index (χ4v) is 5.08.